The summed E-state index contributed by atoms with van der Waals surface area (Å²) < 4.78 is 19.3. The summed E-state index contributed by atoms with van der Waals surface area (Å²) >= 11 is 13.0. The van der Waals surface area contributed by atoms with E-state index in [1.54, 1.807) is 17.4 Å². The van der Waals surface area contributed by atoms with Crippen molar-refractivity contribution in [3.8, 4) is 5.75 Å². The van der Waals surface area contributed by atoms with Crippen molar-refractivity contribution in [2.75, 3.05) is 13.2 Å². The molecule has 2 rings (SSSR count). The lowest BCUT2D eigenvalue weighted by atomic mass is 10.3. The van der Waals surface area contributed by atoms with E-state index in [0.29, 0.717) is 18.9 Å². The SMILES string of the molecule is Fc1cc(OCCNCc2ccc(Cl)s2)ccc1Cl. The number of hydrogen-bond acceptors (Lipinski definition) is 3. The second-order valence-corrected chi connectivity index (χ2v) is 6.01. The lowest BCUT2D eigenvalue weighted by Crippen LogP contribution is -2.20. The molecule has 0 amide bonds. The third-order valence-corrected chi connectivity index (χ3v) is 3.90. The molecule has 1 aromatic carbocycles. The molecule has 0 aliphatic carbocycles. The molecule has 0 saturated carbocycles. The summed E-state index contributed by atoms with van der Waals surface area (Å²) in [7, 11) is 0. The minimum Gasteiger partial charge on any atom is -0.492 e. The molecule has 1 aromatic heterocycles. The van der Waals surface area contributed by atoms with E-state index in [2.05, 4.69) is 5.32 Å². The van der Waals surface area contributed by atoms with Crippen molar-refractivity contribution in [1.82, 2.24) is 5.32 Å². The molecule has 0 saturated heterocycles. The Morgan fingerprint density at radius 2 is 2.05 bits per heavy atom. The largest absolute Gasteiger partial charge is 0.492 e. The van der Waals surface area contributed by atoms with Crippen molar-refractivity contribution in [3.05, 3.63) is 50.4 Å². The molecular weight excluding hydrogens is 308 g/mol. The van der Waals surface area contributed by atoms with E-state index in [1.807, 2.05) is 12.1 Å². The van der Waals surface area contributed by atoms with Gasteiger partial charge in [-0.05, 0) is 24.3 Å². The van der Waals surface area contributed by atoms with Gasteiger partial charge in [0.15, 0.2) is 0 Å². The van der Waals surface area contributed by atoms with Gasteiger partial charge in [-0.2, -0.15) is 0 Å². The zero-order chi connectivity index (χ0) is 13.7. The van der Waals surface area contributed by atoms with Crippen molar-refractivity contribution in [1.29, 1.82) is 0 Å². The minimum atomic E-state index is -0.472. The molecule has 0 spiro atoms. The van der Waals surface area contributed by atoms with Gasteiger partial charge in [0, 0.05) is 24.0 Å². The average molecular weight is 320 g/mol. The van der Waals surface area contributed by atoms with E-state index in [4.69, 9.17) is 27.9 Å². The fourth-order valence-corrected chi connectivity index (χ4v) is 2.64. The fourth-order valence-electron chi connectivity index (χ4n) is 1.47. The van der Waals surface area contributed by atoms with E-state index >= 15 is 0 Å². The lowest BCUT2D eigenvalue weighted by Gasteiger charge is -2.07. The molecule has 1 heterocycles. The highest BCUT2D eigenvalue weighted by atomic mass is 35.5. The molecule has 0 fully saturated rings. The van der Waals surface area contributed by atoms with Crippen LogP contribution in [-0.2, 0) is 6.54 Å². The first-order chi connectivity index (χ1) is 9.15. The summed E-state index contributed by atoms with van der Waals surface area (Å²) in [5.41, 5.74) is 0. The predicted octanol–water partition coefficient (Wildman–Crippen LogP) is 4.36. The maximum Gasteiger partial charge on any atom is 0.145 e. The number of thiophene rings is 1. The monoisotopic (exact) mass is 319 g/mol. The van der Waals surface area contributed by atoms with Gasteiger partial charge >= 0.3 is 0 Å². The van der Waals surface area contributed by atoms with E-state index in [0.717, 1.165) is 10.9 Å². The summed E-state index contributed by atoms with van der Waals surface area (Å²) in [6.07, 6.45) is 0. The van der Waals surface area contributed by atoms with Gasteiger partial charge in [-0.25, -0.2) is 4.39 Å². The summed E-state index contributed by atoms with van der Waals surface area (Å²) in [5, 5.41) is 3.32. The van der Waals surface area contributed by atoms with Crippen LogP contribution in [0, 0.1) is 5.82 Å². The molecule has 0 aliphatic rings. The highest BCUT2D eigenvalue weighted by Crippen LogP contribution is 2.21. The lowest BCUT2D eigenvalue weighted by molar-refractivity contribution is 0.312. The van der Waals surface area contributed by atoms with Crippen LogP contribution in [0.25, 0.3) is 0 Å². The molecule has 0 bridgehead atoms. The Labute approximate surface area is 125 Å². The Balaban J connectivity index is 1.67. The van der Waals surface area contributed by atoms with Gasteiger partial charge in [-0.3, -0.25) is 0 Å². The number of nitrogens with one attached hydrogen (secondary N) is 1. The van der Waals surface area contributed by atoms with Gasteiger partial charge in [0.1, 0.15) is 18.2 Å². The first-order valence-corrected chi connectivity index (χ1v) is 7.25. The van der Waals surface area contributed by atoms with Crippen molar-refractivity contribution in [2.45, 2.75) is 6.54 Å². The third kappa shape index (κ3) is 4.66. The molecular formula is C13H12Cl2FNOS. The van der Waals surface area contributed by atoms with Gasteiger partial charge in [0.05, 0.1) is 9.36 Å². The first-order valence-electron chi connectivity index (χ1n) is 5.68. The number of ether oxygens (including phenoxy) is 1. The minimum absolute atomic E-state index is 0.0973. The van der Waals surface area contributed by atoms with Gasteiger partial charge in [0.2, 0.25) is 0 Å². The van der Waals surface area contributed by atoms with Crippen LogP contribution < -0.4 is 10.1 Å². The molecule has 2 nitrogen and oxygen atoms in total. The van der Waals surface area contributed by atoms with Crippen LogP contribution in [0.2, 0.25) is 9.36 Å². The predicted molar refractivity (Wildman–Crippen MR) is 77.9 cm³/mol. The highest BCUT2D eigenvalue weighted by molar-refractivity contribution is 7.16. The number of hydrogen-bond donors (Lipinski definition) is 1. The van der Waals surface area contributed by atoms with E-state index in [1.165, 1.54) is 17.0 Å². The number of rotatable bonds is 6. The van der Waals surface area contributed by atoms with Gasteiger partial charge in [-0.15, -0.1) is 11.3 Å². The Bertz CT molecular complexity index is 547. The summed E-state index contributed by atoms with van der Waals surface area (Å²) in [6, 6.07) is 8.25. The van der Waals surface area contributed by atoms with Crippen molar-refractivity contribution in [3.63, 3.8) is 0 Å². The fraction of sp³-hybridized carbons (Fsp3) is 0.231. The highest BCUT2D eigenvalue weighted by Gasteiger charge is 2.01. The summed E-state index contributed by atoms with van der Waals surface area (Å²) in [5.74, 6) is 0.00298. The average Bonchev–Trinajstić information content (AvgIpc) is 2.79. The third-order valence-electron chi connectivity index (χ3n) is 2.37. The van der Waals surface area contributed by atoms with Crippen LogP contribution in [0.5, 0.6) is 5.75 Å². The van der Waals surface area contributed by atoms with Crippen LogP contribution in [0.15, 0.2) is 30.3 Å². The molecule has 19 heavy (non-hydrogen) atoms. The van der Waals surface area contributed by atoms with E-state index in [9.17, 15) is 4.39 Å². The molecule has 0 atom stereocenters. The van der Waals surface area contributed by atoms with Crippen LogP contribution in [0.3, 0.4) is 0 Å². The molecule has 2 aromatic rings. The Kier molecular flexibility index (Phi) is 5.45. The standard InChI is InChI=1S/C13H12Cl2FNOS/c14-11-3-1-9(7-12(11)16)18-6-5-17-8-10-2-4-13(15)19-10/h1-4,7,17H,5-6,8H2. The maximum absolute atomic E-state index is 13.1. The first kappa shape index (κ1) is 14.6. The smallest absolute Gasteiger partial charge is 0.145 e. The summed E-state index contributed by atoms with van der Waals surface area (Å²) in [6.45, 7) is 1.87. The second-order valence-electron chi connectivity index (χ2n) is 3.81. The molecule has 0 aliphatic heterocycles. The number of halogens is 3. The molecule has 0 unspecified atom stereocenters. The van der Waals surface area contributed by atoms with Gasteiger partial charge in [-0.1, -0.05) is 23.2 Å². The quantitative estimate of drug-likeness (QED) is 0.799. The van der Waals surface area contributed by atoms with Gasteiger partial charge in [0.25, 0.3) is 0 Å². The molecule has 6 heteroatoms. The summed E-state index contributed by atoms with van der Waals surface area (Å²) in [4.78, 5) is 1.17. The van der Waals surface area contributed by atoms with Crippen LogP contribution in [0.1, 0.15) is 4.88 Å². The Morgan fingerprint density at radius 1 is 1.21 bits per heavy atom. The van der Waals surface area contributed by atoms with Crippen LogP contribution in [-0.4, -0.2) is 13.2 Å². The number of benzene rings is 1. The van der Waals surface area contributed by atoms with Gasteiger partial charge < -0.3 is 10.1 Å². The zero-order valence-electron chi connectivity index (χ0n) is 9.96. The van der Waals surface area contributed by atoms with Crippen molar-refractivity contribution in [2.24, 2.45) is 0 Å². The van der Waals surface area contributed by atoms with Crippen LogP contribution >= 0.6 is 34.5 Å². The van der Waals surface area contributed by atoms with E-state index in [-0.39, 0.29) is 5.02 Å². The zero-order valence-corrected chi connectivity index (χ0v) is 12.3. The maximum atomic E-state index is 13.1. The normalized spacial score (nSPS) is 10.7. The Hall–Kier alpha value is -0.810. The molecule has 1 N–H and O–H groups in total. The van der Waals surface area contributed by atoms with Crippen molar-refractivity contribution >= 4 is 34.5 Å². The second kappa shape index (κ2) is 7.10. The molecule has 0 radical (unpaired) electrons. The van der Waals surface area contributed by atoms with Crippen LogP contribution in [0.4, 0.5) is 4.39 Å². The molecule has 102 valence electrons. The van der Waals surface area contributed by atoms with E-state index < -0.39 is 5.82 Å². The topological polar surface area (TPSA) is 21.3 Å². The Morgan fingerprint density at radius 3 is 2.74 bits per heavy atom. The van der Waals surface area contributed by atoms with Crippen molar-refractivity contribution < 1.29 is 9.13 Å².